The number of anilines is 1. The molecule has 1 amide bonds. The van der Waals surface area contributed by atoms with Crippen LogP contribution in [0.1, 0.15) is 42.8 Å². The van der Waals surface area contributed by atoms with Crippen molar-refractivity contribution in [3.05, 3.63) is 58.6 Å². The Bertz CT molecular complexity index is 888. The van der Waals surface area contributed by atoms with Crippen molar-refractivity contribution in [1.29, 1.82) is 0 Å². The van der Waals surface area contributed by atoms with Crippen LogP contribution in [-0.4, -0.2) is 57.2 Å². The number of aliphatic hydroxyl groups is 2. The van der Waals surface area contributed by atoms with Gasteiger partial charge in [0.1, 0.15) is 24.1 Å². The highest BCUT2D eigenvalue weighted by atomic mass is 16.6. The second-order valence-corrected chi connectivity index (χ2v) is 7.10. The number of benzene rings is 1. The number of aliphatic hydroxyl groups excluding tert-OH is 2. The topological polar surface area (TPSA) is 123 Å². The molecule has 0 aliphatic carbocycles. The van der Waals surface area contributed by atoms with Crippen molar-refractivity contribution >= 4 is 11.7 Å². The normalized spacial score (nSPS) is 23.4. The Hall–Kier alpha value is -2.59. The van der Waals surface area contributed by atoms with E-state index in [4.69, 9.17) is 9.47 Å². The third-order valence-corrected chi connectivity index (χ3v) is 4.93. The first kappa shape index (κ1) is 22.1. The van der Waals surface area contributed by atoms with Crippen LogP contribution in [0.2, 0.25) is 0 Å². The molecule has 9 nitrogen and oxygen atoms in total. The summed E-state index contributed by atoms with van der Waals surface area (Å²) in [5.41, 5.74) is -0.226. The Kier molecular flexibility index (Phi) is 7.69. The van der Waals surface area contributed by atoms with E-state index in [9.17, 15) is 19.8 Å². The molecule has 2 unspecified atom stereocenters. The molecule has 4 atom stereocenters. The van der Waals surface area contributed by atoms with Crippen LogP contribution in [0.4, 0.5) is 5.82 Å². The summed E-state index contributed by atoms with van der Waals surface area (Å²) in [5, 5.41) is 22.5. The van der Waals surface area contributed by atoms with Crippen molar-refractivity contribution in [1.82, 2.24) is 9.55 Å². The minimum absolute atomic E-state index is 0.0998. The zero-order valence-electron chi connectivity index (χ0n) is 16.8. The Morgan fingerprint density at radius 2 is 2.03 bits per heavy atom. The monoisotopic (exact) mass is 417 g/mol. The highest BCUT2D eigenvalue weighted by Gasteiger charge is 2.45. The van der Waals surface area contributed by atoms with Crippen LogP contribution in [0.15, 0.2) is 47.4 Å². The predicted octanol–water partition coefficient (Wildman–Crippen LogP) is 1.32. The van der Waals surface area contributed by atoms with E-state index < -0.39 is 36.8 Å². The molecule has 1 aromatic carbocycles. The van der Waals surface area contributed by atoms with Gasteiger partial charge in [-0.05, 0) is 24.6 Å². The number of nitrogens with zero attached hydrogens (tertiary/aromatic N) is 2. The van der Waals surface area contributed by atoms with Gasteiger partial charge in [-0.15, -0.1) is 0 Å². The fraction of sp³-hybridized carbons (Fsp3) is 0.476. The van der Waals surface area contributed by atoms with Crippen molar-refractivity contribution in [2.75, 3.05) is 18.5 Å². The van der Waals surface area contributed by atoms with Gasteiger partial charge in [0, 0.05) is 18.4 Å². The maximum Gasteiger partial charge on any atom is 0.351 e. The van der Waals surface area contributed by atoms with E-state index in [2.05, 4.69) is 17.2 Å². The molecule has 1 aliphatic rings. The molecule has 3 rings (SSSR count). The average Bonchev–Trinajstić information content (AvgIpc) is 3.07. The van der Waals surface area contributed by atoms with Crippen LogP contribution in [-0.2, 0) is 9.47 Å². The summed E-state index contributed by atoms with van der Waals surface area (Å²) < 4.78 is 12.6. The average molecular weight is 417 g/mol. The molecule has 9 heteroatoms. The van der Waals surface area contributed by atoms with Crippen LogP contribution < -0.4 is 11.0 Å². The molecule has 0 spiro atoms. The quantitative estimate of drug-likeness (QED) is 0.526. The highest BCUT2D eigenvalue weighted by Crippen LogP contribution is 2.31. The van der Waals surface area contributed by atoms with Crippen LogP contribution in [0.3, 0.4) is 0 Å². The molecule has 2 aromatic rings. The number of nitrogens with one attached hydrogen (secondary N) is 1. The van der Waals surface area contributed by atoms with Crippen molar-refractivity contribution in [3.63, 3.8) is 0 Å². The third-order valence-electron chi connectivity index (χ3n) is 4.93. The summed E-state index contributed by atoms with van der Waals surface area (Å²) in [5.74, 6) is -0.284. The number of carbonyl (C=O) groups is 1. The number of rotatable bonds is 9. The smallest absolute Gasteiger partial charge is 0.351 e. The molecule has 2 heterocycles. The fourth-order valence-electron chi connectivity index (χ4n) is 3.30. The Labute approximate surface area is 174 Å². The maximum absolute atomic E-state index is 12.6. The van der Waals surface area contributed by atoms with E-state index in [1.807, 2.05) is 0 Å². The van der Waals surface area contributed by atoms with Gasteiger partial charge in [0.25, 0.3) is 5.91 Å². The lowest BCUT2D eigenvalue weighted by Crippen LogP contribution is -2.38. The molecule has 1 aromatic heterocycles. The first-order valence-corrected chi connectivity index (χ1v) is 10.1. The van der Waals surface area contributed by atoms with Crippen molar-refractivity contribution in [2.24, 2.45) is 0 Å². The second kappa shape index (κ2) is 10.4. The molecule has 0 saturated carbocycles. The summed E-state index contributed by atoms with van der Waals surface area (Å²) in [6.07, 6.45) is 0.552. The van der Waals surface area contributed by atoms with Gasteiger partial charge in [0.15, 0.2) is 6.23 Å². The zero-order valence-corrected chi connectivity index (χ0v) is 16.8. The predicted molar refractivity (Wildman–Crippen MR) is 109 cm³/mol. The van der Waals surface area contributed by atoms with Crippen molar-refractivity contribution < 1.29 is 24.5 Å². The number of hydrogen-bond acceptors (Lipinski definition) is 7. The van der Waals surface area contributed by atoms with Crippen LogP contribution in [0, 0.1) is 0 Å². The summed E-state index contributed by atoms with van der Waals surface area (Å²) in [6, 6.07) is 10.0. The molecule has 3 N–H and O–H groups in total. The summed E-state index contributed by atoms with van der Waals surface area (Å²) >= 11 is 0. The molecule has 0 bridgehead atoms. The number of carbonyl (C=O) groups excluding carboxylic acids is 1. The minimum atomic E-state index is -1.08. The van der Waals surface area contributed by atoms with E-state index in [0.29, 0.717) is 12.2 Å². The molecule has 30 heavy (non-hydrogen) atoms. The molecular formula is C21H27N3O6. The number of ether oxygens (including phenoxy) is 2. The maximum atomic E-state index is 12.6. The molecule has 162 valence electrons. The molecule has 1 saturated heterocycles. The lowest BCUT2D eigenvalue weighted by molar-refractivity contribution is -0.0748. The second-order valence-electron chi connectivity index (χ2n) is 7.10. The Balaban J connectivity index is 1.74. The largest absolute Gasteiger partial charge is 0.394 e. The molecule has 1 aliphatic heterocycles. The van der Waals surface area contributed by atoms with Crippen LogP contribution in [0.5, 0.6) is 0 Å². The Morgan fingerprint density at radius 1 is 1.27 bits per heavy atom. The Morgan fingerprint density at radius 3 is 2.70 bits per heavy atom. The zero-order chi connectivity index (χ0) is 21.5. The summed E-state index contributed by atoms with van der Waals surface area (Å²) in [6.45, 7) is 2.07. The number of amides is 1. The number of unbranched alkanes of at least 4 members (excludes halogenated alkanes) is 2. The standard InChI is InChI=1S/C21H27N3O6/c1-2-3-7-12-29-18-17(26)15(13-25)30-20(18)24-11-10-16(23-21(24)28)22-19(27)14-8-5-4-6-9-14/h4-6,8-11,15,17-18,20,25-26H,2-3,7,12-13H2,1H3,(H,22,23,27,28)/t15-,17?,18?,20-/m1/s1. The van der Waals surface area contributed by atoms with Gasteiger partial charge in [-0.1, -0.05) is 38.0 Å². The van der Waals surface area contributed by atoms with Crippen LogP contribution in [0.25, 0.3) is 0 Å². The van der Waals surface area contributed by atoms with Gasteiger partial charge in [-0.2, -0.15) is 4.98 Å². The van der Waals surface area contributed by atoms with Crippen LogP contribution >= 0.6 is 0 Å². The van der Waals surface area contributed by atoms with Gasteiger partial charge >= 0.3 is 5.69 Å². The molecule has 1 fully saturated rings. The van der Waals surface area contributed by atoms with Gasteiger partial charge in [-0.25, -0.2) is 4.79 Å². The van der Waals surface area contributed by atoms with E-state index in [1.54, 1.807) is 30.3 Å². The molecule has 0 radical (unpaired) electrons. The number of aromatic nitrogens is 2. The SMILES string of the molecule is CCCCCOC1C(O)[C@@H](CO)O[C@H]1n1ccc(NC(=O)c2ccccc2)nc1=O. The van der Waals surface area contributed by atoms with Gasteiger partial charge in [-0.3, -0.25) is 9.36 Å². The van der Waals surface area contributed by atoms with E-state index >= 15 is 0 Å². The van der Waals surface area contributed by atoms with Crippen molar-refractivity contribution in [3.8, 4) is 0 Å². The highest BCUT2D eigenvalue weighted by molar-refractivity contribution is 6.03. The molecular weight excluding hydrogens is 390 g/mol. The first-order chi connectivity index (χ1) is 14.5. The van der Waals surface area contributed by atoms with E-state index in [0.717, 1.165) is 19.3 Å². The van der Waals surface area contributed by atoms with Gasteiger partial charge < -0.3 is 25.0 Å². The summed E-state index contributed by atoms with van der Waals surface area (Å²) in [7, 11) is 0. The minimum Gasteiger partial charge on any atom is -0.394 e. The lowest BCUT2D eigenvalue weighted by atomic mass is 10.1. The van der Waals surface area contributed by atoms with Gasteiger partial charge in [0.05, 0.1) is 6.61 Å². The summed E-state index contributed by atoms with van der Waals surface area (Å²) in [4.78, 5) is 28.7. The van der Waals surface area contributed by atoms with Gasteiger partial charge in [0.2, 0.25) is 0 Å². The van der Waals surface area contributed by atoms with E-state index in [-0.39, 0.29) is 11.7 Å². The third kappa shape index (κ3) is 5.11. The van der Waals surface area contributed by atoms with E-state index in [1.165, 1.54) is 16.8 Å². The first-order valence-electron chi connectivity index (χ1n) is 10.1. The fourth-order valence-corrected chi connectivity index (χ4v) is 3.30. The van der Waals surface area contributed by atoms with Crippen molar-refractivity contribution in [2.45, 2.75) is 50.7 Å². The lowest BCUT2D eigenvalue weighted by Gasteiger charge is -2.22. The number of hydrogen-bond donors (Lipinski definition) is 3.